The highest BCUT2D eigenvalue weighted by molar-refractivity contribution is 8.00. The number of para-hydroxylation sites is 1. The highest BCUT2D eigenvalue weighted by atomic mass is 32.2. The summed E-state index contributed by atoms with van der Waals surface area (Å²) >= 11 is 1.92. The van der Waals surface area contributed by atoms with Gasteiger partial charge < -0.3 is 5.32 Å². The molecule has 2 aliphatic rings. The maximum absolute atomic E-state index is 13.8. The molecule has 0 spiro atoms. The third kappa shape index (κ3) is 4.84. The summed E-state index contributed by atoms with van der Waals surface area (Å²) in [5.41, 5.74) is 0.0808. The fourth-order valence-electron chi connectivity index (χ4n) is 5.12. The van der Waals surface area contributed by atoms with E-state index in [0.29, 0.717) is 21.2 Å². The van der Waals surface area contributed by atoms with Crippen LogP contribution in [0, 0.1) is 5.92 Å². The zero-order valence-electron chi connectivity index (χ0n) is 20.9. The lowest BCUT2D eigenvalue weighted by molar-refractivity contribution is -0.137. The minimum absolute atomic E-state index is 0.0713. The van der Waals surface area contributed by atoms with Crippen molar-refractivity contribution in [3.05, 3.63) is 105 Å². The Hall–Kier alpha value is -4.23. The van der Waals surface area contributed by atoms with Gasteiger partial charge in [0, 0.05) is 28.9 Å². The van der Waals surface area contributed by atoms with Crippen molar-refractivity contribution in [2.24, 2.45) is 5.92 Å². The lowest BCUT2D eigenvalue weighted by atomic mass is 9.84. The van der Waals surface area contributed by atoms with E-state index < -0.39 is 58.0 Å². The summed E-state index contributed by atoms with van der Waals surface area (Å²) in [5.74, 6) is -3.02. The first kappa shape index (κ1) is 27.0. The average molecular weight is 597 g/mol. The molecule has 8 nitrogen and oxygen atoms in total. The number of carbonyl (C=O) groups is 3. The number of rotatable bonds is 5. The van der Waals surface area contributed by atoms with E-state index in [1.54, 1.807) is 54.9 Å². The first-order valence-corrected chi connectivity index (χ1v) is 14.0. The monoisotopic (exact) mass is 596 g/mol. The largest absolute Gasteiger partial charge is 0.416 e. The number of carbonyl (C=O) groups excluding carboxylic acids is 3. The maximum atomic E-state index is 13.8. The molecule has 0 aliphatic carbocycles. The molecule has 6 rings (SSSR count). The number of alkyl halides is 3. The van der Waals surface area contributed by atoms with Gasteiger partial charge in [0.25, 0.3) is 0 Å². The van der Waals surface area contributed by atoms with Gasteiger partial charge in [-0.1, -0.05) is 53.4 Å². The number of nitrogens with zero attached hydrogens (tertiary/aromatic N) is 3. The number of fused-ring (bicyclic) bond motifs is 2. The lowest BCUT2D eigenvalue weighted by Gasteiger charge is -2.30. The molecule has 13 heteroatoms. The molecule has 3 amide bonds. The van der Waals surface area contributed by atoms with Gasteiger partial charge in [-0.2, -0.15) is 13.2 Å². The van der Waals surface area contributed by atoms with E-state index in [1.807, 2.05) is 0 Å². The van der Waals surface area contributed by atoms with E-state index in [-0.39, 0.29) is 5.69 Å². The van der Waals surface area contributed by atoms with Gasteiger partial charge in [0.05, 0.1) is 22.2 Å². The maximum Gasteiger partial charge on any atom is 0.416 e. The molecule has 1 N–H and O–H groups in total. The van der Waals surface area contributed by atoms with Gasteiger partial charge in [-0.05, 0) is 42.0 Å². The summed E-state index contributed by atoms with van der Waals surface area (Å²) in [5, 5.41) is 1.92. The number of anilines is 2. The van der Waals surface area contributed by atoms with Gasteiger partial charge in [0.2, 0.25) is 17.7 Å². The summed E-state index contributed by atoms with van der Waals surface area (Å²) in [6, 6.07) is 16.2. The topological polar surface area (TPSA) is 101 Å². The molecule has 1 saturated heterocycles. The number of halogens is 3. The standard InChI is InChI=1S/C28H19F3N4O4S2/c29-28(30,31)16-7-4-8-17(12-16)33-19(36)14-34-26-23(41-27(34)39)20(15-6-5-11-32-13-15)21-22(40-26)25(38)35(24(21)37)18-9-2-1-3-10-18/h1-13,20-22H,14H2,(H,33,36)/t20-,21?,22?/m1/s1. The van der Waals surface area contributed by atoms with Crippen molar-refractivity contribution in [3.63, 3.8) is 0 Å². The van der Waals surface area contributed by atoms with Crippen molar-refractivity contribution in [1.82, 2.24) is 9.55 Å². The third-order valence-corrected chi connectivity index (χ3v) is 9.49. The fraction of sp³-hybridized carbons (Fsp3) is 0.179. The molecule has 2 aromatic carbocycles. The van der Waals surface area contributed by atoms with E-state index in [4.69, 9.17) is 0 Å². The normalized spacial score (nSPS) is 20.1. The average Bonchev–Trinajstić information content (AvgIpc) is 3.39. The van der Waals surface area contributed by atoms with Crippen molar-refractivity contribution >= 4 is 52.2 Å². The van der Waals surface area contributed by atoms with Crippen LogP contribution in [0.5, 0.6) is 0 Å². The van der Waals surface area contributed by atoms with Crippen molar-refractivity contribution < 1.29 is 27.6 Å². The van der Waals surface area contributed by atoms with Crippen LogP contribution in [0.1, 0.15) is 21.9 Å². The van der Waals surface area contributed by atoms with Gasteiger partial charge in [-0.3, -0.25) is 28.7 Å². The number of hydrogen-bond acceptors (Lipinski definition) is 7. The molecule has 4 heterocycles. The number of benzene rings is 2. The van der Waals surface area contributed by atoms with E-state index in [1.165, 1.54) is 16.7 Å². The molecule has 4 aromatic rings. The Bertz CT molecular complexity index is 1720. The summed E-state index contributed by atoms with van der Waals surface area (Å²) in [6.45, 7) is -0.490. The Morgan fingerprint density at radius 3 is 2.46 bits per heavy atom. The van der Waals surface area contributed by atoms with E-state index in [2.05, 4.69) is 10.3 Å². The predicted molar refractivity (Wildman–Crippen MR) is 147 cm³/mol. The number of pyridine rings is 1. The zero-order chi connectivity index (χ0) is 28.9. The van der Waals surface area contributed by atoms with Crippen LogP contribution in [0.2, 0.25) is 0 Å². The van der Waals surface area contributed by atoms with Crippen LogP contribution in [0.4, 0.5) is 24.5 Å². The Morgan fingerprint density at radius 1 is 0.976 bits per heavy atom. The summed E-state index contributed by atoms with van der Waals surface area (Å²) in [7, 11) is 0. The Labute approximate surface area is 238 Å². The van der Waals surface area contributed by atoms with Crippen LogP contribution in [-0.2, 0) is 27.1 Å². The molecule has 1 fully saturated rings. The molecule has 0 saturated carbocycles. The first-order chi connectivity index (χ1) is 19.6. The molecular weight excluding hydrogens is 577 g/mol. The minimum Gasteiger partial charge on any atom is -0.325 e. The number of hydrogen-bond donors (Lipinski definition) is 1. The van der Waals surface area contributed by atoms with Crippen molar-refractivity contribution in [2.75, 3.05) is 10.2 Å². The second-order valence-electron chi connectivity index (χ2n) is 9.43. The molecular formula is C28H19F3N4O4S2. The quantitative estimate of drug-likeness (QED) is 0.334. The molecule has 208 valence electrons. The van der Waals surface area contributed by atoms with Crippen LogP contribution in [0.3, 0.4) is 0 Å². The first-order valence-electron chi connectivity index (χ1n) is 12.3. The van der Waals surface area contributed by atoms with Crippen LogP contribution >= 0.6 is 23.1 Å². The lowest BCUT2D eigenvalue weighted by Crippen LogP contribution is -2.33. The second-order valence-corrected chi connectivity index (χ2v) is 11.5. The van der Waals surface area contributed by atoms with E-state index >= 15 is 0 Å². The van der Waals surface area contributed by atoms with Gasteiger partial charge in [-0.15, -0.1) is 0 Å². The Morgan fingerprint density at radius 2 is 1.76 bits per heavy atom. The molecule has 41 heavy (non-hydrogen) atoms. The van der Waals surface area contributed by atoms with Crippen LogP contribution in [0.25, 0.3) is 0 Å². The summed E-state index contributed by atoms with van der Waals surface area (Å²) < 4.78 is 40.5. The third-order valence-electron chi connectivity index (χ3n) is 6.88. The van der Waals surface area contributed by atoms with Gasteiger partial charge >= 0.3 is 11.0 Å². The Balaban J connectivity index is 1.36. The number of amides is 3. The minimum atomic E-state index is -4.59. The van der Waals surface area contributed by atoms with Gasteiger partial charge in [0.15, 0.2) is 0 Å². The van der Waals surface area contributed by atoms with E-state index in [0.717, 1.165) is 40.1 Å². The smallest absolute Gasteiger partial charge is 0.325 e. The summed E-state index contributed by atoms with van der Waals surface area (Å²) in [4.78, 5) is 58.9. The number of aromatic nitrogens is 2. The molecule has 2 aromatic heterocycles. The van der Waals surface area contributed by atoms with Gasteiger partial charge in [-0.25, -0.2) is 4.90 Å². The second kappa shape index (κ2) is 10.3. The number of imide groups is 1. The van der Waals surface area contributed by atoms with Gasteiger partial charge in [0.1, 0.15) is 11.8 Å². The van der Waals surface area contributed by atoms with Crippen LogP contribution in [-0.4, -0.2) is 32.5 Å². The van der Waals surface area contributed by atoms with Crippen LogP contribution in [0.15, 0.2) is 88.9 Å². The molecule has 2 aliphatic heterocycles. The highest BCUT2D eigenvalue weighted by Gasteiger charge is 2.56. The zero-order valence-corrected chi connectivity index (χ0v) is 22.5. The molecule has 3 atom stereocenters. The van der Waals surface area contributed by atoms with Crippen molar-refractivity contribution in [3.8, 4) is 0 Å². The highest BCUT2D eigenvalue weighted by Crippen LogP contribution is 2.53. The number of thiazole rings is 1. The Kier molecular flexibility index (Phi) is 6.78. The van der Waals surface area contributed by atoms with Crippen molar-refractivity contribution in [2.45, 2.75) is 28.9 Å². The molecule has 2 unspecified atom stereocenters. The van der Waals surface area contributed by atoms with E-state index in [9.17, 15) is 32.3 Å². The predicted octanol–water partition coefficient (Wildman–Crippen LogP) is 4.76. The van der Waals surface area contributed by atoms with Crippen molar-refractivity contribution in [1.29, 1.82) is 0 Å². The number of nitrogens with one attached hydrogen (secondary N) is 1. The molecule has 0 radical (unpaired) electrons. The summed E-state index contributed by atoms with van der Waals surface area (Å²) in [6.07, 6.45) is -1.43. The van der Waals surface area contributed by atoms with Crippen LogP contribution < -0.4 is 15.1 Å². The SMILES string of the molecule is O=C(Cn1c2c(sc1=O)[C@H](c1cccnc1)C1C(=O)N(c3ccccc3)C(=O)C1S2)Nc1cccc(C(F)(F)F)c1. The molecule has 0 bridgehead atoms. The fourth-order valence-corrected chi connectivity index (χ4v) is 7.90. The number of thioether (sulfide) groups is 1.